The van der Waals surface area contributed by atoms with Crippen molar-refractivity contribution < 1.29 is 4.79 Å². The number of benzene rings is 1. The van der Waals surface area contributed by atoms with Crippen molar-refractivity contribution >= 4 is 5.78 Å². The summed E-state index contributed by atoms with van der Waals surface area (Å²) in [4.78, 5) is 11.3. The van der Waals surface area contributed by atoms with Gasteiger partial charge in [0.2, 0.25) is 0 Å². The van der Waals surface area contributed by atoms with E-state index in [1.54, 1.807) is 0 Å². The number of carbonyl (C=O) groups is 1. The van der Waals surface area contributed by atoms with Gasteiger partial charge in [0.25, 0.3) is 0 Å². The molecule has 1 saturated carbocycles. The SMILES string of the molecule is C[C@]1(CCc2ccccc2)CCC(=O)C1. The fourth-order valence-electron chi connectivity index (χ4n) is 2.40. The van der Waals surface area contributed by atoms with Gasteiger partial charge < -0.3 is 0 Å². The number of aryl methyl sites for hydroxylation is 1. The zero-order valence-electron chi connectivity index (χ0n) is 9.33. The van der Waals surface area contributed by atoms with Gasteiger partial charge in [0, 0.05) is 12.8 Å². The molecule has 0 radical (unpaired) electrons. The van der Waals surface area contributed by atoms with Crippen LogP contribution in [0.3, 0.4) is 0 Å². The Morgan fingerprint density at radius 1 is 1.27 bits per heavy atom. The zero-order chi connectivity index (χ0) is 10.7. The van der Waals surface area contributed by atoms with Crippen LogP contribution in [0.15, 0.2) is 30.3 Å². The van der Waals surface area contributed by atoms with Gasteiger partial charge in [-0.05, 0) is 30.2 Å². The number of rotatable bonds is 3. The fourth-order valence-corrected chi connectivity index (χ4v) is 2.40. The van der Waals surface area contributed by atoms with Crippen molar-refractivity contribution in [2.24, 2.45) is 5.41 Å². The molecule has 1 fully saturated rings. The molecule has 1 aromatic carbocycles. The third-order valence-electron chi connectivity index (χ3n) is 3.49. The van der Waals surface area contributed by atoms with Crippen LogP contribution in [0, 0.1) is 5.41 Å². The molecule has 1 nitrogen and oxygen atoms in total. The van der Waals surface area contributed by atoms with E-state index >= 15 is 0 Å². The van der Waals surface area contributed by atoms with Crippen LogP contribution in [0.4, 0.5) is 0 Å². The van der Waals surface area contributed by atoms with Crippen molar-refractivity contribution in [2.45, 2.75) is 39.0 Å². The van der Waals surface area contributed by atoms with Crippen LogP contribution in [0.25, 0.3) is 0 Å². The lowest BCUT2D eigenvalue weighted by Gasteiger charge is -2.22. The van der Waals surface area contributed by atoms with Gasteiger partial charge in [-0.1, -0.05) is 37.3 Å². The summed E-state index contributed by atoms with van der Waals surface area (Å²) < 4.78 is 0. The monoisotopic (exact) mass is 202 g/mol. The summed E-state index contributed by atoms with van der Waals surface area (Å²) in [5, 5.41) is 0. The van der Waals surface area contributed by atoms with E-state index in [2.05, 4.69) is 31.2 Å². The molecule has 0 N–H and O–H groups in total. The number of hydrogen-bond donors (Lipinski definition) is 0. The summed E-state index contributed by atoms with van der Waals surface area (Å²) in [7, 11) is 0. The average molecular weight is 202 g/mol. The maximum absolute atomic E-state index is 11.3. The molecule has 1 atom stereocenters. The summed E-state index contributed by atoms with van der Waals surface area (Å²) in [5.74, 6) is 0.450. The summed E-state index contributed by atoms with van der Waals surface area (Å²) in [5.41, 5.74) is 1.66. The van der Waals surface area contributed by atoms with Gasteiger partial charge in [-0.2, -0.15) is 0 Å². The lowest BCUT2D eigenvalue weighted by Crippen LogP contribution is -2.13. The Kier molecular flexibility index (Phi) is 2.90. The van der Waals surface area contributed by atoms with E-state index in [0.717, 1.165) is 32.1 Å². The summed E-state index contributed by atoms with van der Waals surface area (Å²) in [6.45, 7) is 2.25. The molecule has 0 bridgehead atoms. The van der Waals surface area contributed by atoms with Crippen LogP contribution < -0.4 is 0 Å². The third-order valence-corrected chi connectivity index (χ3v) is 3.49. The number of Topliss-reactive ketones (excluding diaryl/α,β-unsaturated/α-hetero) is 1. The number of ketones is 1. The Balaban J connectivity index is 1.91. The normalized spacial score (nSPS) is 25.8. The van der Waals surface area contributed by atoms with Crippen LogP contribution in [0.1, 0.15) is 38.2 Å². The molecule has 0 unspecified atom stereocenters. The molecule has 15 heavy (non-hydrogen) atoms. The number of carbonyl (C=O) groups excluding carboxylic acids is 1. The van der Waals surface area contributed by atoms with Gasteiger partial charge in [0.1, 0.15) is 5.78 Å². The van der Waals surface area contributed by atoms with E-state index in [4.69, 9.17) is 0 Å². The van der Waals surface area contributed by atoms with Crippen LogP contribution in [-0.2, 0) is 11.2 Å². The third kappa shape index (κ3) is 2.68. The molecular formula is C14H18O. The standard InChI is InChI=1S/C14H18O/c1-14(10-8-13(15)11-14)9-7-12-5-3-2-4-6-12/h2-6H,7-11H2,1H3/t14-/m0/s1. The lowest BCUT2D eigenvalue weighted by atomic mass is 9.83. The highest BCUT2D eigenvalue weighted by atomic mass is 16.1. The molecular weight excluding hydrogens is 184 g/mol. The predicted octanol–water partition coefficient (Wildman–Crippen LogP) is 3.38. The highest BCUT2D eigenvalue weighted by Crippen LogP contribution is 2.39. The highest BCUT2D eigenvalue weighted by Gasteiger charge is 2.33. The zero-order valence-corrected chi connectivity index (χ0v) is 9.33. The van der Waals surface area contributed by atoms with Crippen LogP contribution in [0.2, 0.25) is 0 Å². The largest absolute Gasteiger partial charge is 0.300 e. The Morgan fingerprint density at radius 2 is 2.00 bits per heavy atom. The minimum Gasteiger partial charge on any atom is -0.300 e. The first-order valence-electron chi connectivity index (χ1n) is 5.74. The molecule has 1 aliphatic rings. The van der Waals surface area contributed by atoms with Gasteiger partial charge >= 0.3 is 0 Å². The molecule has 80 valence electrons. The Hall–Kier alpha value is -1.11. The maximum Gasteiger partial charge on any atom is 0.133 e. The first kappa shape index (κ1) is 10.4. The van der Waals surface area contributed by atoms with Gasteiger partial charge in [-0.3, -0.25) is 4.79 Å². The van der Waals surface area contributed by atoms with Crippen molar-refractivity contribution in [1.82, 2.24) is 0 Å². The maximum atomic E-state index is 11.3. The first-order valence-corrected chi connectivity index (χ1v) is 5.74. The molecule has 1 heteroatoms. The molecule has 1 aromatic rings. The Labute approximate surface area is 91.5 Å². The van der Waals surface area contributed by atoms with Crippen molar-refractivity contribution in [3.8, 4) is 0 Å². The molecule has 0 aromatic heterocycles. The molecule has 0 aliphatic heterocycles. The van der Waals surface area contributed by atoms with Gasteiger partial charge in [-0.25, -0.2) is 0 Å². The molecule has 0 heterocycles. The van der Waals surface area contributed by atoms with E-state index < -0.39 is 0 Å². The van der Waals surface area contributed by atoms with Crippen LogP contribution >= 0.6 is 0 Å². The molecule has 2 rings (SSSR count). The van der Waals surface area contributed by atoms with Crippen LogP contribution in [-0.4, -0.2) is 5.78 Å². The average Bonchev–Trinajstić information content (AvgIpc) is 2.58. The van der Waals surface area contributed by atoms with E-state index in [-0.39, 0.29) is 5.41 Å². The molecule has 0 saturated heterocycles. The van der Waals surface area contributed by atoms with Crippen molar-refractivity contribution in [2.75, 3.05) is 0 Å². The molecule has 0 spiro atoms. The molecule has 0 amide bonds. The second-order valence-electron chi connectivity index (χ2n) is 5.01. The smallest absolute Gasteiger partial charge is 0.133 e. The van der Waals surface area contributed by atoms with Crippen LogP contribution in [0.5, 0.6) is 0 Å². The lowest BCUT2D eigenvalue weighted by molar-refractivity contribution is -0.118. The summed E-state index contributed by atoms with van der Waals surface area (Å²) >= 11 is 0. The van der Waals surface area contributed by atoms with Crippen molar-refractivity contribution in [3.05, 3.63) is 35.9 Å². The van der Waals surface area contributed by atoms with Gasteiger partial charge in [-0.15, -0.1) is 0 Å². The fraction of sp³-hybridized carbons (Fsp3) is 0.500. The van der Waals surface area contributed by atoms with E-state index in [1.165, 1.54) is 5.56 Å². The summed E-state index contributed by atoms with van der Waals surface area (Å²) in [6, 6.07) is 10.5. The first-order chi connectivity index (χ1) is 7.18. The second kappa shape index (κ2) is 4.18. The molecule has 1 aliphatic carbocycles. The minimum absolute atomic E-state index is 0.271. The van der Waals surface area contributed by atoms with Gasteiger partial charge in [0.15, 0.2) is 0 Å². The topological polar surface area (TPSA) is 17.1 Å². The van der Waals surface area contributed by atoms with E-state index in [9.17, 15) is 4.79 Å². The highest BCUT2D eigenvalue weighted by molar-refractivity contribution is 5.81. The minimum atomic E-state index is 0.271. The summed E-state index contributed by atoms with van der Waals surface area (Å²) in [6.07, 6.45) is 4.91. The quantitative estimate of drug-likeness (QED) is 0.734. The Bertz CT molecular complexity index is 342. The second-order valence-corrected chi connectivity index (χ2v) is 5.01. The Morgan fingerprint density at radius 3 is 2.60 bits per heavy atom. The van der Waals surface area contributed by atoms with Crippen molar-refractivity contribution in [3.63, 3.8) is 0 Å². The van der Waals surface area contributed by atoms with Crippen molar-refractivity contribution in [1.29, 1.82) is 0 Å². The van der Waals surface area contributed by atoms with Gasteiger partial charge in [0.05, 0.1) is 0 Å². The van der Waals surface area contributed by atoms with E-state index in [0.29, 0.717) is 5.78 Å². The van der Waals surface area contributed by atoms with E-state index in [1.807, 2.05) is 6.07 Å². The predicted molar refractivity (Wildman–Crippen MR) is 61.7 cm³/mol. The number of hydrogen-bond acceptors (Lipinski definition) is 1.